The topological polar surface area (TPSA) is 52.5 Å². The molecule has 0 atom stereocenters. The second-order valence-electron chi connectivity index (χ2n) is 5.67. The Hall–Kier alpha value is -2.60. The highest BCUT2D eigenvalue weighted by atomic mass is 32.2. The van der Waals surface area contributed by atoms with Gasteiger partial charge in [-0.15, -0.1) is 0 Å². The Balaban J connectivity index is 1.86. The molecule has 0 fully saturated rings. The number of aromatic nitrogens is 1. The molecule has 3 aromatic rings. The lowest BCUT2D eigenvalue weighted by atomic mass is 10.0. The summed E-state index contributed by atoms with van der Waals surface area (Å²) >= 11 is 1.64. The highest BCUT2D eigenvalue weighted by molar-refractivity contribution is 8.14. The molecule has 1 aliphatic heterocycles. The first-order valence-corrected chi connectivity index (χ1v) is 9.11. The molecule has 0 bridgehead atoms. The van der Waals surface area contributed by atoms with Gasteiger partial charge in [-0.1, -0.05) is 30.0 Å². The number of benzene rings is 2. The normalized spacial score (nSPS) is 16.1. The van der Waals surface area contributed by atoms with Gasteiger partial charge in [0, 0.05) is 28.8 Å². The van der Waals surface area contributed by atoms with E-state index in [9.17, 15) is 4.39 Å². The van der Waals surface area contributed by atoms with E-state index in [-0.39, 0.29) is 5.82 Å². The highest BCUT2D eigenvalue weighted by Gasteiger charge is 2.21. The maximum Gasteiger partial charge on any atom is 0.177 e. The van der Waals surface area contributed by atoms with Crippen LogP contribution in [0.1, 0.15) is 12.5 Å². The van der Waals surface area contributed by atoms with Gasteiger partial charge in [-0.25, -0.2) is 4.39 Å². The van der Waals surface area contributed by atoms with Crippen molar-refractivity contribution in [1.82, 2.24) is 10.4 Å². The Morgan fingerprint density at radius 3 is 2.68 bits per heavy atom. The number of nitrogens with zero attached hydrogens (tertiary/aromatic N) is 2. The Bertz CT molecular complexity index is 973. The molecule has 4 rings (SSSR count). The molecule has 1 aromatic heterocycles. The predicted molar refractivity (Wildman–Crippen MR) is 104 cm³/mol. The molecule has 0 saturated carbocycles. The lowest BCUT2D eigenvalue weighted by Gasteiger charge is -2.15. The van der Waals surface area contributed by atoms with Gasteiger partial charge in [0.15, 0.2) is 5.17 Å². The van der Waals surface area contributed by atoms with Crippen LogP contribution in [-0.2, 0) is 0 Å². The fourth-order valence-corrected chi connectivity index (χ4v) is 3.76. The molecule has 0 aliphatic carbocycles. The molecule has 0 unspecified atom stereocenters. The molecule has 0 spiro atoms. The molecule has 126 valence electrons. The highest BCUT2D eigenvalue weighted by Crippen LogP contribution is 2.32. The van der Waals surface area contributed by atoms with Gasteiger partial charge in [-0.2, -0.15) is 5.10 Å². The van der Waals surface area contributed by atoms with Gasteiger partial charge in [-0.3, -0.25) is 10.4 Å². The number of para-hydroxylation sites is 1. The third kappa shape index (κ3) is 3.05. The van der Waals surface area contributed by atoms with Crippen molar-refractivity contribution in [2.24, 2.45) is 10.1 Å². The number of nitrogens with one attached hydrogen (secondary N) is 2. The molecule has 2 heterocycles. The second-order valence-corrected chi connectivity index (χ2v) is 6.63. The average Bonchev–Trinajstić information content (AvgIpc) is 3.03. The third-order valence-electron chi connectivity index (χ3n) is 4.06. The quantitative estimate of drug-likeness (QED) is 0.734. The molecule has 2 aromatic carbocycles. The van der Waals surface area contributed by atoms with E-state index in [0.29, 0.717) is 0 Å². The summed E-state index contributed by atoms with van der Waals surface area (Å²) in [5.41, 5.74) is 7.98. The van der Waals surface area contributed by atoms with Crippen molar-refractivity contribution in [3.8, 4) is 11.3 Å². The number of fused-ring (bicyclic) bond motifs is 1. The first-order chi connectivity index (χ1) is 12.3. The summed E-state index contributed by atoms with van der Waals surface area (Å²) in [6.45, 7) is 2.73. The molecule has 1 aliphatic rings. The van der Waals surface area contributed by atoms with Gasteiger partial charge in [0.25, 0.3) is 0 Å². The van der Waals surface area contributed by atoms with Gasteiger partial charge < -0.3 is 4.98 Å². The van der Waals surface area contributed by atoms with E-state index in [0.717, 1.165) is 50.9 Å². The third-order valence-corrected chi connectivity index (χ3v) is 4.97. The fourth-order valence-electron chi connectivity index (χ4n) is 2.94. The van der Waals surface area contributed by atoms with E-state index in [1.807, 2.05) is 25.1 Å². The fraction of sp³-hybridized carbons (Fsp3) is 0.158. The van der Waals surface area contributed by atoms with Crippen molar-refractivity contribution in [3.63, 3.8) is 0 Å². The Morgan fingerprint density at radius 1 is 1.16 bits per heavy atom. The van der Waals surface area contributed by atoms with Crippen LogP contribution in [0.4, 0.5) is 4.39 Å². The van der Waals surface area contributed by atoms with Crippen LogP contribution >= 0.6 is 11.8 Å². The van der Waals surface area contributed by atoms with Crippen LogP contribution in [0.25, 0.3) is 22.2 Å². The number of rotatable bonds is 3. The van der Waals surface area contributed by atoms with Crippen LogP contribution in [0.5, 0.6) is 0 Å². The molecular weight excluding hydrogens is 335 g/mol. The van der Waals surface area contributed by atoms with Crippen LogP contribution in [0.3, 0.4) is 0 Å². The Morgan fingerprint density at radius 2 is 1.96 bits per heavy atom. The number of aliphatic imine (C=N–C) groups is 1. The minimum Gasteiger partial charge on any atom is -0.354 e. The number of thioether (sulfide) groups is 1. The van der Waals surface area contributed by atoms with Gasteiger partial charge in [-0.05, 0) is 42.8 Å². The minimum atomic E-state index is -0.242. The van der Waals surface area contributed by atoms with Gasteiger partial charge in [0.2, 0.25) is 0 Å². The zero-order valence-electron chi connectivity index (χ0n) is 13.7. The van der Waals surface area contributed by atoms with Crippen molar-refractivity contribution < 1.29 is 4.39 Å². The van der Waals surface area contributed by atoms with E-state index in [1.165, 1.54) is 12.1 Å². The Kier molecular flexibility index (Phi) is 4.28. The molecule has 2 N–H and O–H groups in total. The molecule has 0 saturated heterocycles. The van der Waals surface area contributed by atoms with E-state index in [2.05, 4.69) is 26.6 Å². The summed E-state index contributed by atoms with van der Waals surface area (Å²) in [4.78, 5) is 7.83. The van der Waals surface area contributed by atoms with E-state index < -0.39 is 0 Å². The van der Waals surface area contributed by atoms with Crippen molar-refractivity contribution >= 4 is 33.5 Å². The smallest absolute Gasteiger partial charge is 0.177 e. The number of hydrogen-bond acceptors (Lipinski definition) is 3. The number of hydrazone groups is 1. The van der Waals surface area contributed by atoms with Gasteiger partial charge in [0.05, 0.1) is 11.4 Å². The van der Waals surface area contributed by atoms with Crippen molar-refractivity contribution in [1.29, 1.82) is 0 Å². The van der Waals surface area contributed by atoms with Crippen LogP contribution in [0, 0.1) is 5.82 Å². The number of aromatic amines is 1. The molecule has 6 heteroatoms. The van der Waals surface area contributed by atoms with Crippen molar-refractivity contribution in [3.05, 3.63) is 59.9 Å². The van der Waals surface area contributed by atoms with Crippen LogP contribution in [0.2, 0.25) is 0 Å². The SMILES string of the molecule is CCN=C1NN=C(c2c(-c3ccc(F)cc3)[nH]c3ccccc23)CS1. The van der Waals surface area contributed by atoms with Crippen molar-refractivity contribution in [2.75, 3.05) is 12.3 Å². The van der Waals surface area contributed by atoms with E-state index >= 15 is 0 Å². The Labute approximate surface area is 149 Å². The summed E-state index contributed by atoms with van der Waals surface area (Å²) < 4.78 is 13.3. The summed E-state index contributed by atoms with van der Waals surface area (Å²) in [7, 11) is 0. The van der Waals surface area contributed by atoms with E-state index in [4.69, 9.17) is 0 Å². The maximum absolute atomic E-state index is 13.3. The minimum absolute atomic E-state index is 0.242. The summed E-state index contributed by atoms with van der Waals surface area (Å²) in [5.74, 6) is 0.496. The zero-order valence-corrected chi connectivity index (χ0v) is 14.5. The number of amidine groups is 1. The summed E-state index contributed by atoms with van der Waals surface area (Å²) in [5, 5.41) is 6.50. The average molecular weight is 352 g/mol. The van der Waals surface area contributed by atoms with Crippen molar-refractivity contribution in [2.45, 2.75) is 6.92 Å². The summed E-state index contributed by atoms with van der Waals surface area (Å²) in [6.07, 6.45) is 0. The lowest BCUT2D eigenvalue weighted by molar-refractivity contribution is 0.628. The van der Waals surface area contributed by atoms with Gasteiger partial charge in [0.1, 0.15) is 5.82 Å². The molecule has 0 amide bonds. The summed E-state index contributed by atoms with van der Waals surface area (Å²) in [6, 6.07) is 14.7. The number of halogens is 1. The standard InChI is InChI=1S/C19H17FN4S/c1-2-21-19-24-23-16(11-25-19)17-14-5-3-4-6-15(14)22-18(17)12-7-9-13(20)10-8-12/h3-10,22H,2,11H2,1H3,(H,21,24). The van der Waals surface area contributed by atoms with E-state index in [1.54, 1.807) is 23.9 Å². The first kappa shape index (κ1) is 15.9. The molecule has 4 nitrogen and oxygen atoms in total. The first-order valence-electron chi connectivity index (χ1n) is 8.13. The van der Waals surface area contributed by atoms with Crippen LogP contribution < -0.4 is 5.43 Å². The number of hydrogen-bond donors (Lipinski definition) is 2. The monoisotopic (exact) mass is 352 g/mol. The predicted octanol–water partition coefficient (Wildman–Crippen LogP) is 4.39. The molecular formula is C19H17FN4S. The van der Waals surface area contributed by atoms with Crippen LogP contribution in [-0.4, -0.2) is 28.2 Å². The molecule has 0 radical (unpaired) electrons. The number of H-pyrrole nitrogens is 1. The van der Waals surface area contributed by atoms with Gasteiger partial charge >= 0.3 is 0 Å². The second kappa shape index (κ2) is 6.72. The van der Waals surface area contributed by atoms with Crippen LogP contribution in [0.15, 0.2) is 58.6 Å². The maximum atomic E-state index is 13.3. The zero-order chi connectivity index (χ0) is 17.2. The largest absolute Gasteiger partial charge is 0.354 e. The molecule has 25 heavy (non-hydrogen) atoms. The lowest BCUT2D eigenvalue weighted by Crippen LogP contribution is -2.25.